The Morgan fingerprint density at radius 3 is 2.71 bits per heavy atom. The number of ether oxygens (including phenoxy) is 1. The Bertz CT molecular complexity index is 598. The van der Waals surface area contributed by atoms with Crippen molar-refractivity contribution in [3.63, 3.8) is 0 Å². The van der Waals surface area contributed by atoms with Gasteiger partial charge in [0.1, 0.15) is 11.6 Å². The lowest BCUT2D eigenvalue weighted by atomic mass is 9.99. The molecular weight excluding hydrogens is 265 g/mol. The van der Waals surface area contributed by atoms with Gasteiger partial charge < -0.3 is 10.1 Å². The maximum Gasteiger partial charge on any atom is 0.131 e. The van der Waals surface area contributed by atoms with E-state index < -0.39 is 0 Å². The molecule has 0 aromatic heterocycles. The molecule has 2 rings (SSSR count). The zero-order chi connectivity index (χ0) is 15.2. The molecule has 1 atom stereocenters. The number of halogens is 1. The van der Waals surface area contributed by atoms with Crippen LogP contribution in [0.25, 0.3) is 11.1 Å². The quantitative estimate of drug-likeness (QED) is 0.840. The normalized spacial score (nSPS) is 12.2. The van der Waals surface area contributed by atoms with Crippen LogP contribution in [0.15, 0.2) is 42.5 Å². The van der Waals surface area contributed by atoms with Crippen LogP contribution in [0.4, 0.5) is 4.39 Å². The highest BCUT2D eigenvalue weighted by Crippen LogP contribution is 2.28. The van der Waals surface area contributed by atoms with Gasteiger partial charge in [0.25, 0.3) is 0 Å². The summed E-state index contributed by atoms with van der Waals surface area (Å²) in [4.78, 5) is 0. The highest BCUT2D eigenvalue weighted by atomic mass is 19.1. The van der Waals surface area contributed by atoms with Gasteiger partial charge in [0.15, 0.2) is 0 Å². The van der Waals surface area contributed by atoms with E-state index >= 15 is 0 Å². The number of benzene rings is 2. The fourth-order valence-electron chi connectivity index (χ4n) is 2.30. The second-order valence-corrected chi connectivity index (χ2v) is 5.15. The van der Waals surface area contributed by atoms with E-state index in [0.717, 1.165) is 29.8 Å². The molecule has 21 heavy (non-hydrogen) atoms. The van der Waals surface area contributed by atoms with Gasteiger partial charge in [-0.05, 0) is 55.3 Å². The Labute approximate surface area is 126 Å². The second kappa shape index (κ2) is 7.23. The summed E-state index contributed by atoms with van der Waals surface area (Å²) in [5.41, 5.74) is 2.52. The molecule has 0 aliphatic carbocycles. The lowest BCUT2D eigenvalue weighted by molar-refractivity contribution is 0.415. The molecule has 2 aromatic rings. The number of hydrogen-bond donors (Lipinski definition) is 1. The summed E-state index contributed by atoms with van der Waals surface area (Å²) in [5, 5.41) is 3.42. The van der Waals surface area contributed by atoms with Crippen LogP contribution < -0.4 is 10.1 Å². The van der Waals surface area contributed by atoms with Crippen LogP contribution in [-0.2, 0) is 0 Å². The van der Waals surface area contributed by atoms with Crippen LogP contribution in [0, 0.1) is 5.82 Å². The Balaban J connectivity index is 2.34. The molecule has 0 bridgehead atoms. The van der Waals surface area contributed by atoms with E-state index in [4.69, 9.17) is 4.74 Å². The number of rotatable bonds is 6. The lowest BCUT2D eigenvalue weighted by Gasteiger charge is -2.15. The van der Waals surface area contributed by atoms with Crippen LogP contribution in [-0.4, -0.2) is 13.7 Å². The Morgan fingerprint density at radius 2 is 2.00 bits per heavy atom. The minimum Gasteiger partial charge on any atom is -0.497 e. The Hall–Kier alpha value is -1.87. The van der Waals surface area contributed by atoms with Gasteiger partial charge in [-0.25, -0.2) is 4.39 Å². The summed E-state index contributed by atoms with van der Waals surface area (Å²) in [5.74, 6) is 0.518. The average Bonchev–Trinajstić information content (AvgIpc) is 2.53. The van der Waals surface area contributed by atoms with Gasteiger partial charge in [-0.15, -0.1) is 0 Å². The average molecular weight is 287 g/mol. The molecule has 0 aliphatic heterocycles. The van der Waals surface area contributed by atoms with Gasteiger partial charge in [-0.1, -0.05) is 25.1 Å². The van der Waals surface area contributed by atoms with Crippen molar-refractivity contribution < 1.29 is 9.13 Å². The van der Waals surface area contributed by atoms with E-state index in [-0.39, 0.29) is 11.9 Å². The smallest absolute Gasteiger partial charge is 0.131 e. The summed E-state index contributed by atoms with van der Waals surface area (Å²) in [6, 6.07) is 13.0. The number of hydrogen-bond acceptors (Lipinski definition) is 2. The molecular formula is C18H22FNO. The molecule has 0 saturated carbocycles. The van der Waals surface area contributed by atoms with Gasteiger partial charge in [0, 0.05) is 11.6 Å². The highest BCUT2D eigenvalue weighted by Gasteiger charge is 2.11. The molecule has 112 valence electrons. The first-order chi connectivity index (χ1) is 10.2. The van der Waals surface area contributed by atoms with Crippen molar-refractivity contribution in [1.29, 1.82) is 0 Å². The van der Waals surface area contributed by atoms with E-state index in [0.29, 0.717) is 5.56 Å². The highest BCUT2D eigenvalue weighted by molar-refractivity contribution is 5.66. The summed E-state index contributed by atoms with van der Waals surface area (Å²) in [7, 11) is 1.61. The van der Waals surface area contributed by atoms with Crippen LogP contribution in [0.5, 0.6) is 5.75 Å². The standard InChI is InChI=1S/C18H22FNO/c1-4-10-20-13(2)14-8-9-18(19)17(12-14)15-6-5-7-16(11-15)21-3/h5-9,11-13,20H,4,10H2,1-3H3. The van der Waals surface area contributed by atoms with E-state index in [1.165, 1.54) is 6.07 Å². The molecule has 2 nitrogen and oxygen atoms in total. The minimum absolute atomic E-state index is 0.204. The lowest BCUT2D eigenvalue weighted by Crippen LogP contribution is -2.19. The summed E-state index contributed by atoms with van der Waals surface area (Å²) in [6.45, 7) is 5.18. The third-order valence-electron chi connectivity index (χ3n) is 3.57. The topological polar surface area (TPSA) is 21.3 Å². The van der Waals surface area contributed by atoms with E-state index in [2.05, 4.69) is 19.2 Å². The zero-order valence-corrected chi connectivity index (χ0v) is 12.8. The Kier molecular flexibility index (Phi) is 5.34. The van der Waals surface area contributed by atoms with Crippen molar-refractivity contribution in [2.45, 2.75) is 26.3 Å². The predicted octanol–water partition coefficient (Wildman–Crippen LogP) is 4.56. The van der Waals surface area contributed by atoms with Gasteiger partial charge >= 0.3 is 0 Å². The van der Waals surface area contributed by atoms with Crippen molar-refractivity contribution in [2.24, 2.45) is 0 Å². The van der Waals surface area contributed by atoms with Crippen molar-refractivity contribution in [3.05, 3.63) is 53.8 Å². The molecule has 0 radical (unpaired) electrons. The molecule has 0 saturated heterocycles. The van der Waals surface area contributed by atoms with Crippen LogP contribution >= 0.6 is 0 Å². The minimum atomic E-state index is -0.213. The molecule has 1 N–H and O–H groups in total. The molecule has 0 heterocycles. The number of methoxy groups -OCH3 is 1. The van der Waals surface area contributed by atoms with Crippen LogP contribution in [0.3, 0.4) is 0 Å². The van der Waals surface area contributed by atoms with E-state index in [9.17, 15) is 4.39 Å². The monoisotopic (exact) mass is 287 g/mol. The Morgan fingerprint density at radius 1 is 1.19 bits per heavy atom. The largest absolute Gasteiger partial charge is 0.497 e. The van der Waals surface area contributed by atoms with Crippen LogP contribution in [0.2, 0.25) is 0 Å². The fraction of sp³-hybridized carbons (Fsp3) is 0.333. The van der Waals surface area contributed by atoms with Gasteiger partial charge in [0.05, 0.1) is 7.11 Å². The molecule has 3 heteroatoms. The second-order valence-electron chi connectivity index (χ2n) is 5.15. The third-order valence-corrected chi connectivity index (χ3v) is 3.57. The van der Waals surface area contributed by atoms with Gasteiger partial charge in [0.2, 0.25) is 0 Å². The van der Waals surface area contributed by atoms with Crippen molar-refractivity contribution >= 4 is 0 Å². The fourth-order valence-corrected chi connectivity index (χ4v) is 2.30. The molecule has 0 amide bonds. The molecule has 0 fully saturated rings. The third kappa shape index (κ3) is 3.82. The molecule has 0 aliphatic rings. The summed E-state index contributed by atoms with van der Waals surface area (Å²) in [6.07, 6.45) is 1.08. The van der Waals surface area contributed by atoms with Crippen molar-refractivity contribution in [1.82, 2.24) is 5.32 Å². The molecule has 2 aromatic carbocycles. The summed E-state index contributed by atoms with van der Waals surface area (Å²) < 4.78 is 19.4. The maximum atomic E-state index is 14.1. The molecule has 1 unspecified atom stereocenters. The summed E-state index contributed by atoms with van der Waals surface area (Å²) >= 11 is 0. The predicted molar refractivity (Wildman–Crippen MR) is 85.1 cm³/mol. The van der Waals surface area contributed by atoms with Crippen molar-refractivity contribution in [2.75, 3.05) is 13.7 Å². The van der Waals surface area contributed by atoms with E-state index in [1.807, 2.05) is 36.4 Å². The first-order valence-electron chi connectivity index (χ1n) is 7.33. The molecule has 0 spiro atoms. The SMILES string of the molecule is CCCNC(C)c1ccc(F)c(-c2cccc(OC)c2)c1. The first kappa shape index (κ1) is 15.5. The number of nitrogens with one attached hydrogen (secondary N) is 1. The van der Waals surface area contributed by atoms with Crippen molar-refractivity contribution in [3.8, 4) is 16.9 Å². The zero-order valence-electron chi connectivity index (χ0n) is 12.8. The van der Waals surface area contributed by atoms with Crippen LogP contribution in [0.1, 0.15) is 31.9 Å². The van der Waals surface area contributed by atoms with Gasteiger partial charge in [-0.3, -0.25) is 0 Å². The first-order valence-corrected chi connectivity index (χ1v) is 7.33. The van der Waals surface area contributed by atoms with E-state index in [1.54, 1.807) is 7.11 Å². The van der Waals surface area contributed by atoms with Gasteiger partial charge in [-0.2, -0.15) is 0 Å². The maximum absolute atomic E-state index is 14.1.